The average Bonchev–Trinajstić information content (AvgIpc) is 2.93. The van der Waals surface area contributed by atoms with Crippen molar-refractivity contribution in [1.82, 2.24) is 0 Å². The molecule has 0 fully saturated rings. The van der Waals surface area contributed by atoms with Crippen LogP contribution < -0.4 is 0 Å². The van der Waals surface area contributed by atoms with E-state index < -0.39 is 22.7 Å². The Hall–Kier alpha value is -4.39. The molecule has 0 radical (unpaired) electrons. The lowest BCUT2D eigenvalue weighted by Crippen LogP contribution is -2.38. The first-order valence-electron chi connectivity index (χ1n) is 12.7. The Bertz CT molecular complexity index is 1410. The van der Waals surface area contributed by atoms with Crippen LogP contribution in [0, 0.1) is 16.0 Å². The molecule has 2 aliphatic rings. The predicted octanol–water partition coefficient (Wildman–Crippen LogP) is 5.96. The Labute approximate surface area is 221 Å². The van der Waals surface area contributed by atoms with E-state index in [1.165, 1.54) is 12.1 Å². The third-order valence-corrected chi connectivity index (χ3v) is 7.35. The maximum absolute atomic E-state index is 13.7. The van der Waals surface area contributed by atoms with E-state index in [1.54, 1.807) is 19.1 Å². The fourth-order valence-electron chi connectivity index (χ4n) is 5.49. The Morgan fingerprint density at radius 3 is 2.26 bits per heavy atom. The zero-order chi connectivity index (χ0) is 26.6. The van der Waals surface area contributed by atoms with E-state index in [0.29, 0.717) is 41.8 Å². The topological polar surface area (TPSA) is 98.9 Å². The van der Waals surface area contributed by atoms with Crippen LogP contribution in [-0.4, -0.2) is 29.0 Å². The second-order valence-electron chi connectivity index (χ2n) is 9.76. The fraction of sp³-hybridized carbons (Fsp3) is 0.258. The SMILES string of the molecule is CC1=NC2=C(C(=O)C[C@H](c3ccccc3)C2)[C@H](c2ccc([N+](=O)[O-])cc2)C1C(=O)OCCc1ccccc1. The van der Waals surface area contributed by atoms with E-state index >= 15 is 0 Å². The number of ketones is 1. The zero-order valence-corrected chi connectivity index (χ0v) is 21.1. The maximum Gasteiger partial charge on any atom is 0.315 e. The van der Waals surface area contributed by atoms with Gasteiger partial charge in [-0.2, -0.15) is 0 Å². The fourth-order valence-corrected chi connectivity index (χ4v) is 5.49. The summed E-state index contributed by atoms with van der Waals surface area (Å²) in [6.07, 6.45) is 1.47. The summed E-state index contributed by atoms with van der Waals surface area (Å²) in [5, 5.41) is 11.2. The Kier molecular flexibility index (Phi) is 7.26. The van der Waals surface area contributed by atoms with Crippen molar-refractivity contribution < 1.29 is 19.2 Å². The van der Waals surface area contributed by atoms with Gasteiger partial charge in [-0.25, -0.2) is 0 Å². The molecule has 1 aliphatic carbocycles. The van der Waals surface area contributed by atoms with Crippen molar-refractivity contribution in [1.29, 1.82) is 0 Å². The van der Waals surface area contributed by atoms with Crippen molar-refractivity contribution in [2.75, 3.05) is 6.61 Å². The number of carbonyl (C=O) groups excluding carboxylic acids is 2. The van der Waals surface area contributed by atoms with Crippen LogP contribution in [0.15, 0.2) is 101 Å². The molecular formula is C31H28N2O5. The highest BCUT2D eigenvalue weighted by Crippen LogP contribution is 2.47. The molecule has 0 saturated carbocycles. The van der Waals surface area contributed by atoms with E-state index in [4.69, 9.17) is 9.73 Å². The minimum atomic E-state index is -0.789. The molecule has 1 unspecified atom stereocenters. The molecule has 0 bridgehead atoms. The minimum Gasteiger partial charge on any atom is -0.465 e. The number of nitro benzene ring substituents is 1. The zero-order valence-electron chi connectivity index (χ0n) is 21.1. The molecule has 0 amide bonds. The normalized spacial score (nSPS) is 20.9. The predicted molar refractivity (Wildman–Crippen MR) is 144 cm³/mol. The van der Waals surface area contributed by atoms with Crippen LogP contribution in [0.3, 0.4) is 0 Å². The third-order valence-electron chi connectivity index (χ3n) is 7.35. The maximum atomic E-state index is 13.7. The highest BCUT2D eigenvalue weighted by Gasteiger charge is 2.44. The van der Waals surface area contributed by atoms with Gasteiger partial charge in [0.15, 0.2) is 5.78 Å². The number of non-ortho nitro benzene ring substituents is 1. The molecule has 1 aliphatic heterocycles. The molecule has 0 aromatic heterocycles. The number of allylic oxidation sites excluding steroid dienone is 2. The first-order chi connectivity index (χ1) is 18.4. The molecule has 1 heterocycles. The first-order valence-corrected chi connectivity index (χ1v) is 12.7. The first kappa shape index (κ1) is 25.3. The van der Waals surface area contributed by atoms with Gasteiger partial charge in [0.2, 0.25) is 0 Å². The minimum absolute atomic E-state index is 0.00545. The summed E-state index contributed by atoms with van der Waals surface area (Å²) >= 11 is 0. The van der Waals surface area contributed by atoms with Crippen molar-refractivity contribution in [2.45, 2.75) is 38.0 Å². The molecule has 5 rings (SSSR count). The van der Waals surface area contributed by atoms with Crippen LogP contribution in [-0.2, 0) is 20.7 Å². The van der Waals surface area contributed by atoms with Gasteiger partial charge in [-0.15, -0.1) is 0 Å². The number of carbonyl (C=O) groups is 2. The molecule has 0 saturated heterocycles. The summed E-state index contributed by atoms with van der Waals surface area (Å²) < 4.78 is 5.71. The van der Waals surface area contributed by atoms with Gasteiger partial charge >= 0.3 is 5.97 Å². The number of esters is 1. The number of aliphatic imine (C=N–C) groups is 1. The molecule has 3 aromatic rings. The van der Waals surface area contributed by atoms with Crippen molar-refractivity contribution >= 4 is 23.2 Å². The van der Waals surface area contributed by atoms with Gasteiger partial charge in [0.1, 0.15) is 5.92 Å². The number of rotatable bonds is 7. The van der Waals surface area contributed by atoms with Crippen LogP contribution in [0.4, 0.5) is 5.69 Å². The van der Waals surface area contributed by atoms with Gasteiger partial charge in [0.25, 0.3) is 5.69 Å². The summed E-state index contributed by atoms with van der Waals surface area (Å²) in [6.45, 7) is 2.00. The van der Waals surface area contributed by atoms with Crippen LogP contribution in [0.1, 0.15) is 48.3 Å². The van der Waals surface area contributed by atoms with Crippen LogP contribution >= 0.6 is 0 Å². The van der Waals surface area contributed by atoms with Crippen molar-refractivity contribution in [2.24, 2.45) is 10.9 Å². The van der Waals surface area contributed by atoms with Gasteiger partial charge in [0.05, 0.1) is 11.5 Å². The number of ether oxygens (including phenoxy) is 1. The molecule has 0 spiro atoms. The van der Waals surface area contributed by atoms with E-state index in [1.807, 2.05) is 60.7 Å². The molecule has 3 aromatic carbocycles. The molecular weight excluding hydrogens is 480 g/mol. The standard InChI is InChI=1S/C31H28N2O5/c1-20-28(31(35)38-17-16-21-8-4-2-5-9-21)29(23-12-14-25(15-13-23)33(36)37)30-26(32-20)18-24(19-27(30)34)22-10-6-3-7-11-22/h2-15,24,28-29H,16-19H2,1H3/t24-,28?,29-/m1/s1. The quantitative estimate of drug-likeness (QED) is 0.223. The smallest absolute Gasteiger partial charge is 0.315 e. The number of Topliss-reactive ketones (excluding diaryl/α,β-unsaturated/α-hetero) is 1. The van der Waals surface area contributed by atoms with Crippen molar-refractivity contribution in [3.05, 3.63) is 123 Å². The molecule has 3 atom stereocenters. The molecule has 192 valence electrons. The number of hydrogen-bond donors (Lipinski definition) is 0. The van der Waals surface area contributed by atoms with Crippen molar-refractivity contribution in [3.63, 3.8) is 0 Å². The van der Waals surface area contributed by atoms with Crippen molar-refractivity contribution in [3.8, 4) is 0 Å². The molecule has 38 heavy (non-hydrogen) atoms. The van der Waals surface area contributed by atoms with E-state index in [0.717, 1.165) is 11.1 Å². The summed E-state index contributed by atoms with van der Waals surface area (Å²) in [5.74, 6) is -1.90. The van der Waals surface area contributed by atoms with Gasteiger partial charge in [0, 0.05) is 47.9 Å². The van der Waals surface area contributed by atoms with Gasteiger partial charge in [-0.3, -0.25) is 24.7 Å². The van der Waals surface area contributed by atoms with Gasteiger partial charge < -0.3 is 4.74 Å². The number of nitrogens with zero attached hydrogens (tertiary/aromatic N) is 2. The summed E-state index contributed by atoms with van der Waals surface area (Å²) in [4.78, 5) is 42.7. The molecule has 7 nitrogen and oxygen atoms in total. The summed E-state index contributed by atoms with van der Waals surface area (Å²) in [6, 6.07) is 25.7. The Morgan fingerprint density at radius 1 is 0.947 bits per heavy atom. The molecule has 7 heteroatoms. The van der Waals surface area contributed by atoms with Crippen LogP contribution in [0.5, 0.6) is 0 Å². The summed E-state index contributed by atoms with van der Waals surface area (Å²) in [7, 11) is 0. The van der Waals surface area contributed by atoms with Crippen LogP contribution in [0.25, 0.3) is 0 Å². The average molecular weight is 509 g/mol. The number of benzene rings is 3. The van der Waals surface area contributed by atoms with E-state index in [2.05, 4.69) is 0 Å². The van der Waals surface area contributed by atoms with Gasteiger partial charge in [-0.1, -0.05) is 72.8 Å². The monoisotopic (exact) mass is 508 g/mol. The summed E-state index contributed by atoms with van der Waals surface area (Å²) in [5.41, 5.74) is 4.53. The molecule has 0 N–H and O–H groups in total. The van der Waals surface area contributed by atoms with Gasteiger partial charge in [-0.05, 0) is 36.0 Å². The largest absolute Gasteiger partial charge is 0.465 e. The lowest BCUT2D eigenvalue weighted by Gasteiger charge is -2.36. The Morgan fingerprint density at radius 2 is 1.61 bits per heavy atom. The number of nitro groups is 1. The number of hydrogen-bond acceptors (Lipinski definition) is 6. The van der Waals surface area contributed by atoms with E-state index in [9.17, 15) is 19.7 Å². The van der Waals surface area contributed by atoms with E-state index in [-0.39, 0.29) is 24.0 Å². The van der Waals surface area contributed by atoms with Crippen LogP contribution in [0.2, 0.25) is 0 Å². The second-order valence-corrected chi connectivity index (χ2v) is 9.76. The lowest BCUT2D eigenvalue weighted by atomic mass is 9.69. The highest BCUT2D eigenvalue weighted by molar-refractivity contribution is 6.09. The Balaban J connectivity index is 1.47. The lowest BCUT2D eigenvalue weighted by molar-refractivity contribution is -0.384. The highest BCUT2D eigenvalue weighted by atomic mass is 16.6. The second kappa shape index (κ2) is 10.9. The third kappa shape index (κ3) is 5.18.